The molecule has 2 aromatic heterocycles. The maximum absolute atomic E-state index is 5.85. The topological polar surface area (TPSA) is 42.1 Å². The Morgan fingerprint density at radius 3 is 2.37 bits per heavy atom. The zero-order valence-corrected chi connectivity index (χ0v) is 18.8. The molecule has 2 aromatic rings. The first-order chi connectivity index (χ1) is 14.8. The van der Waals surface area contributed by atoms with E-state index < -0.39 is 0 Å². The monoisotopic (exact) mass is 426 g/mol. The second-order valence-electron chi connectivity index (χ2n) is 9.37. The Kier molecular flexibility index (Phi) is 6.29. The highest BCUT2D eigenvalue weighted by atomic mass is 32.1. The van der Waals surface area contributed by atoms with Gasteiger partial charge in [-0.05, 0) is 81.9 Å². The lowest BCUT2D eigenvalue weighted by molar-refractivity contribution is 0.116. The van der Waals surface area contributed by atoms with Gasteiger partial charge < -0.3 is 4.90 Å². The van der Waals surface area contributed by atoms with E-state index in [0.717, 1.165) is 41.8 Å². The molecule has 0 aromatic carbocycles. The average Bonchev–Trinajstić information content (AvgIpc) is 3.59. The summed E-state index contributed by atoms with van der Waals surface area (Å²) in [4.78, 5) is 9.54. The van der Waals surface area contributed by atoms with Crippen molar-refractivity contribution in [2.75, 3.05) is 32.7 Å². The van der Waals surface area contributed by atoms with Gasteiger partial charge >= 0.3 is 0 Å². The van der Waals surface area contributed by atoms with Gasteiger partial charge in [-0.1, -0.05) is 12.8 Å². The Bertz CT molecular complexity index is 871. The number of likely N-dealkylation sites (tertiary alicyclic amines) is 2. The Hall–Kier alpha value is -1.57. The quantitative estimate of drug-likeness (QED) is 0.642. The summed E-state index contributed by atoms with van der Waals surface area (Å²) in [6, 6.07) is 4.58. The first kappa shape index (κ1) is 20.3. The third-order valence-electron chi connectivity index (χ3n) is 6.96. The van der Waals surface area contributed by atoms with Crippen LogP contribution in [0, 0.1) is 10.7 Å². The minimum Gasteiger partial charge on any atom is -0.303 e. The fraction of sp³-hybridized carbons (Fsp3) is 0.696. The van der Waals surface area contributed by atoms with Crippen LogP contribution in [-0.2, 0) is 6.67 Å². The Balaban J connectivity index is 1.22. The molecule has 0 amide bonds. The maximum Gasteiger partial charge on any atom is 0.199 e. The van der Waals surface area contributed by atoms with E-state index in [9.17, 15) is 0 Å². The van der Waals surface area contributed by atoms with E-state index in [0.29, 0.717) is 6.04 Å². The molecule has 2 saturated heterocycles. The van der Waals surface area contributed by atoms with Crippen molar-refractivity contribution in [2.24, 2.45) is 5.92 Å². The van der Waals surface area contributed by atoms with Crippen LogP contribution in [0.4, 0.5) is 0 Å². The summed E-state index contributed by atoms with van der Waals surface area (Å²) in [5, 5.41) is 4.94. The molecule has 3 aliphatic rings. The molecule has 7 heteroatoms. The van der Waals surface area contributed by atoms with Gasteiger partial charge in [0.05, 0.1) is 6.67 Å². The van der Waals surface area contributed by atoms with Gasteiger partial charge in [-0.15, -0.1) is 0 Å². The molecule has 6 nitrogen and oxygen atoms in total. The summed E-state index contributed by atoms with van der Waals surface area (Å²) < 4.78 is 5.17. The largest absolute Gasteiger partial charge is 0.303 e. The van der Waals surface area contributed by atoms with Gasteiger partial charge in [-0.2, -0.15) is 5.10 Å². The summed E-state index contributed by atoms with van der Waals surface area (Å²) in [6.45, 7) is 7.03. The van der Waals surface area contributed by atoms with Crippen molar-refractivity contribution in [2.45, 2.75) is 64.1 Å². The van der Waals surface area contributed by atoms with Crippen LogP contribution in [0.25, 0.3) is 11.4 Å². The van der Waals surface area contributed by atoms with Crippen molar-refractivity contribution in [3.8, 4) is 11.4 Å². The molecule has 1 aliphatic carbocycles. The molecule has 5 rings (SSSR count). The van der Waals surface area contributed by atoms with Crippen molar-refractivity contribution < 1.29 is 0 Å². The van der Waals surface area contributed by atoms with Crippen molar-refractivity contribution in [1.82, 2.24) is 29.1 Å². The third-order valence-corrected chi connectivity index (χ3v) is 7.37. The zero-order chi connectivity index (χ0) is 20.3. The molecule has 0 unspecified atom stereocenters. The molecule has 4 heterocycles. The summed E-state index contributed by atoms with van der Waals surface area (Å²) >= 11 is 5.85. The highest BCUT2D eigenvalue weighted by molar-refractivity contribution is 7.71. The summed E-state index contributed by atoms with van der Waals surface area (Å²) in [7, 11) is 0. The molecule has 0 bridgehead atoms. The fourth-order valence-electron chi connectivity index (χ4n) is 5.05. The van der Waals surface area contributed by atoms with E-state index in [-0.39, 0.29) is 0 Å². The van der Waals surface area contributed by atoms with Gasteiger partial charge in [0.25, 0.3) is 0 Å². The van der Waals surface area contributed by atoms with Gasteiger partial charge in [0.1, 0.15) is 0 Å². The van der Waals surface area contributed by atoms with E-state index in [2.05, 4.69) is 25.4 Å². The van der Waals surface area contributed by atoms with E-state index in [4.69, 9.17) is 17.3 Å². The Morgan fingerprint density at radius 1 is 0.933 bits per heavy atom. The summed E-state index contributed by atoms with van der Waals surface area (Å²) in [5.41, 5.74) is 1.06. The molecular formula is C23H34N6S. The van der Waals surface area contributed by atoms with Crippen LogP contribution in [0.2, 0.25) is 0 Å². The lowest BCUT2D eigenvalue weighted by atomic mass is 9.96. The molecule has 0 radical (unpaired) electrons. The number of aromatic nitrogens is 4. The predicted octanol–water partition coefficient (Wildman–Crippen LogP) is 4.36. The lowest BCUT2D eigenvalue weighted by Crippen LogP contribution is -2.40. The molecule has 1 saturated carbocycles. The van der Waals surface area contributed by atoms with Crippen molar-refractivity contribution in [3.63, 3.8) is 0 Å². The molecule has 0 spiro atoms. The van der Waals surface area contributed by atoms with Crippen LogP contribution in [-0.4, -0.2) is 61.9 Å². The third kappa shape index (κ3) is 4.68. The van der Waals surface area contributed by atoms with Gasteiger partial charge in [0.2, 0.25) is 0 Å². The minimum absolute atomic E-state index is 0.515. The first-order valence-electron chi connectivity index (χ1n) is 11.8. The molecule has 0 N–H and O–H groups in total. The fourth-order valence-corrected chi connectivity index (χ4v) is 5.38. The Labute approximate surface area is 184 Å². The van der Waals surface area contributed by atoms with Gasteiger partial charge in [0.15, 0.2) is 10.6 Å². The maximum atomic E-state index is 5.85. The predicted molar refractivity (Wildman–Crippen MR) is 122 cm³/mol. The van der Waals surface area contributed by atoms with Gasteiger partial charge in [-0.25, -0.2) is 4.68 Å². The van der Waals surface area contributed by atoms with E-state index in [1.807, 2.05) is 23.1 Å². The molecule has 30 heavy (non-hydrogen) atoms. The highest BCUT2D eigenvalue weighted by Gasteiger charge is 2.30. The number of hydrogen-bond donors (Lipinski definition) is 0. The molecular weight excluding hydrogens is 392 g/mol. The molecule has 2 aliphatic heterocycles. The smallest absolute Gasteiger partial charge is 0.199 e. The van der Waals surface area contributed by atoms with Gasteiger partial charge in [-0.3, -0.25) is 14.5 Å². The van der Waals surface area contributed by atoms with Crippen LogP contribution in [0.3, 0.4) is 0 Å². The van der Waals surface area contributed by atoms with E-state index >= 15 is 0 Å². The summed E-state index contributed by atoms with van der Waals surface area (Å²) in [6.07, 6.45) is 14.3. The zero-order valence-electron chi connectivity index (χ0n) is 18.0. The first-order valence-corrected chi connectivity index (χ1v) is 12.2. The number of hydrogen-bond acceptors (Lipinski definition) is 5. The van der Waals surface area contributed by atoms with Crippen LogP contribution in [0.1, 0.15) is 57.4 Å². The van der Waals surface area contributed by atoms with Crippen LogP contribution >= 0.6 is 12.2 Å². The number of piperidine rings is 1. The Morgan fingerprint density at radius 2 is 1.70 bits per heavy atom. The highest BCUT2D eigenvalue weighted by Crippen LogP contribution is 2.38. The second kappa shape index (κ2) is 9.28. The van der Waals surface area contributed by atoms with Crippen molar-refractivity contribution in [3.05, 3.63) is 29.3 Å². The normalized spacial score (nSPS) is 22.3. The SMILES string of the molecule is S=c1n(CN2CCC(CN3CCCCCC3)CC2)nc(-c2cccnc2)n1C1CC1. The molecule has 3 fully saturated rings. The van der Waals surface area contributed by atoms with Crippen molar-refractivity contribution in [1.29, 1.82) is 0 Å². The standard InChI is InChI=1S/C23H34N6S/c30-23-28(25-22(29(23)21-7-8-21)20-6-5-11-24-16-20)18-27-14-9-19(10-15-27)17-26-12-3-1-2-4-13-26/h5-6,11,16,19,21H,1-4,7-10,12-15,17-18H2. The average molecular weight is 427 g/mol. The second-order valence-corrected chi connectivity index (χ2v) is 9.73. The number of nitrogens with zero attached hydrogens (tertiary/aromatic N) is 6. The number of pyridine rings is 1. The van der Waals surface area contributed by atoms with Crippen LogP contribution in [0.5, 0.6) is 0 Å². The van der Waals surface area contributed by atoms with E-state index in [1.165, 1.54) is 71.0 Å². The van der Waals surface area contributed by atoms with Crippen molar-refractivity contribution >= 4 is 12.2 Å². The number of rotatable bonds is 6. The van der Waals surface area contributed by atoms with Crippen LogP contribution in [0.15, 0.2) is 24.5 Å². The summed E-state index contributed by atoms with van der Waals surface area (Å²) in [5.74, 6) is 1.83. The minimum atomic E-state index is 0.515. The lowest BCUT2D eigenvalue weighted by Gasteiger charge is -2.34. The van der Waals surface area contributed by atoms with E-state index in [1.54, 1.807) is 0 Å². The van der Waals surface area contributed by atoms with Crippen LogP contribution < -0.4 is 0 Å². The van der Waals surface area contributed by atoms with Gasteiger partial charge in [0, 0.05) is 43.6 Å². The molecule has 162 valence electrons. The molecule has 0 atom stereocenters.